The highest BCUT2D eigenvalue weighted by Crippen LogP contribution is 2.43. The second kappa shape index (κ2) is 3.83. The standard InChI is InChI=1S/C12H11ClFN/c13-10-6-9(2-3-11(10)14)7-12(8-15)4-1-5-12/h2-3,6H,1,4-5,7H2. The number of rotatable bonds is 2. The first-order valence-electron chi connectivity index (χ1n) is 5.00. The van der Waals surface area contributed by atoms with E-state index in [-0.39, 0.29) is 10.4 Å². The van der Waals surface area contributed by atoms with E-state index in [1.165, 1.54) is 6.07 Å². The minimum atomic E-state index is -0.403. The first kappa shape index (κ1) is 10.4. The molecule has 1 aromatic carbocycles. The largest absolute Gasteiger partial charge is 0.205 e. The second-order valence-electron chi connectivity index (χ2n) is 4.17. The molecule has 0 aliphatic heterocycles. The van der Waals surface area contributed by atoms with Gasteiger partial charge in [0.1, 0.15) is 5.82 Å². The van der Waals surface area contributed by atoms with Gasteiger partial charge in [-0.05, 0) is 37.0 Å². The molecule has 3 heteroatoms. The van der Waals surface area contributed by atoms with Crippen LogP contribution >= 0.6 is 11.6 Å². The van der Waals surface area contributed by atoms with Gasteiger partial charge in [-0.25, -0.2) is 4.39 Å². The molecule has 0 radical (unpaired) electrons. The Morgan fingerprint density at radius 1 is 1.47 bits per heavy atom. The van der Waals surface area contributed by atoms with E-state index in [9.17, 15) is 4.39 Å². The third-order valence-corrected chi connectivity index (χ3v) is 3.36. The molecule has 1 aromatic rings. The molecule has 2 rings (SSSR count). The first-order valence-corrected chi connectivity index (χ1v) is 5.38. The number of benzene rings is 1. The van der Waals surface area contributed by atoms with Crippen LogP contribution in [0.2, 0.25) is 5.02 Å². The summed E-state index contributed by atoms with van der Waals surface area (Å²) in [5, 5.41) is 9.20. The van der Waals surface area contributed by atoms with Crippen molar-refractivity contribution in [2.45, 2.75) is 25.7 Å². The van der Waals surface area contributed by atoms with E-state index in [0.29, 0.717) is 6.42 Å². The topological polar surface area (TPSA) is 23.8 Å². The van der Waals surface area contributed by atoms with Crippen molar-refractivity contribution >= 4 is 11.6 Å². The Hall–Kier alpha value is -1.07. The van der Waals surface area contributed by atoms with Gasteiger partial charge in [-0.15, -0.1) is 0 Å². The summed E-state index contributed by atoms with van der Waals surface area (Å²) >= 11 is 5.69. The van der Waals surface area contributed by atoms with Crippen molar-refractivity contribution in [3.8, 4) is 6.07 Å². The lowest BCUT2D eigenvalue weighted by Crippen LogP contribution is -2.29. The van der Waals surface area contributed by atoms with Gasteiger partial charge in [-0.3, -0.25) is 0 Å². The lowest BCUT2D eigenvalue weighted by Gasteiger charge is -2.35. The Morgan fingerprint density at radius 3 is 2.67 bits per heavy atom. The van der Waals surface area contributed by atoms with Gasteiger partial charge in [0.2, 0.25) is 0 Å². The van der Waals surface area contributed by atoms with Crippen molar-refractivity contribution in [2.24, 2.45) is 5.41 Å². The zero-order valence-corrected chi connectivity index (χ0v) is 9.02. The summed E-state index contributed by atoms with van der Waals surface area (Å²) < 4.78 is 12.9. The molecule has 1 fully saturated rings. The number of nitrogens with zero attached hydrogens (tertiary/aromatic N) is 1. The van der Waals surface area contributed by atoms with Crippen molar-refractivity contribution < 1.29 is 4.39 Å². The van der Waals surface area contributed by atoms with Gasteiger partial charge >= 0.3 is 0 Å². The average Bonchev–Trinajstić information content (AvgIpc) is 2.17. The average molecular weight is 224 g/mol. The molecule has 15 heavy (non-hydrogen) atoms. The molecule has 0 saturated heterocycles. The highest BCUT2D eigenvalue weighted by Gasteiger charge is 2.37. The molecule has 0 spiro atoms. The van der Waals surface area contributed by atoms with Gasteiger partial charge in [0, 0.05) is 0 Å². The van der Waals surface area contributed by atoms with E-state index >= 15 is 0 Å². The summed E-state index contributed by atoms with van der Waals surface area (Å²) in [5.74, 6) is -0.403. The maximum absolute atomic E-state index is 12.9. The molecule has 78 valence electrons. The minimum absolute atomic E-state index is 0.139. The van der Waals surface area contributed by atoms with Crippen LogP contribution in [0.4, 0.5) is 4.39 Å². The summed E-state index contributed by atoms with van der Waals surface area (Å²) in [4.78, 5) is 0. The Balaban J connectivity index is 2.18. The number of nitriles is 1. The molecule has 1 aliphatic rings. The Bertz CT molecular complexity index is 418. The molecule has 1 nitrogen and oxygen atoms in total. The molecule has 0 bridgehead atoms. The Labute approximate surface area is 93.5 Å². The van der Waals surface area contributed by atoms with E-state index in [1.807, 2.05) is 0 Å². The van der Waals surface area contributed by atoms with Crippen LogP contribution in [0.5, 0.6) is 0 Å². The third kappa shape index (κ3) is 1.98. The number of hydrogen-bond acceptors (Lipinski definition) is 1. The minimum Gasteiger partial charge on any atom is -0.205 e. The van der Waals surface area contributed by atoms with Crippen molar-refractivity contribution in [3.63, 3.8) is 0 Å². The molecule has 0 amide bonds. The lowest BCUT2D eigenvalue weighted by atomic mass is 9.66. The highest BCUT2D eigenvalue weighted by atomic mass is 35.5. The fourth-order valence-electron chi connectivity index (χ4n) is 1.97. The molecule has 0 unspecified atom stereocenters. The van der Waals surface area contributed by atoms with Gasteiger partial charge in [0.05, 0.1) is 16.5 Å². The van der Waals surface area contributed by atoms with Gasteiger partial charge in [0.25, 0.3) is 0 Å². The summed E-state index contributed by atoms with van der Waals surface area (Å²) in [6.07, 6.45) is 3.68. The third-order valence-electron chi connectivity index (χ3n) is 3.07. The molecule has 0 N–H and O–H groups in total. The van der Waals surface area contributed by atoms with E-state index < -0.39 is 5.82 Å². The monoisotopic (exact) mass is 223 g/mol. The van der Waals surface area contributed by atoms with Crippen molar-refractivity contribution in [3.05, 3.63) is 34.6 Å². The van der Waals surface area contributed by atoms with E-state index in [2.05, 4.69) is 6.07 Å². The van der Waals surface area contributed by atoms with Crippen LogP contribution in [0.3, 0.4) is 0 Å². The van der Waals surface area contributed by atoms with Crippen LogP contribution in [-0.2, 0) is 6.42 Å². The SMILES string of the molecule is N#CC1(Cc2ccc(F)c(Cl)c2)CCC1. The van der Waals surface area contributed by atoms with Crippen molar-refractivity contribution in [1.29, 1.82) is 5.26 Å². The van der Waals surface area contributed by atoms with Crippen LogP contribution in [0.25, 0.3) is 0 Å². The maximum atomic E-state index is 12.9. The molecule has 0 atom stereocenters. The summed E-state index contributed by atoms with van der Waals surface area (Å²) in [5.41, 5.74) is 0.726. The highest BCUT2D eigenvalue weighted by molar-refractivity contribution is 6.30. The molecule has 0 heterocycles. The normalized spacial score (nSPS) is 17.9. The first-order chi connectivity index (χ1) is 7.15. The molecule has 1 aliphatic carbocycles. The summed E-state index contributed by atoms with van der Waals surface area (Å²) in [7, 11) is 0. The predicted molar refractivity (Wildman–Crippen MR) is 57.0 cm³/mol. The number of halogens is 2. The summed E-state index contributed by atoms with van der Waals surface area (Å²) in [6.45, 7) is 0. The van der Waals surface area contributed by atoms with Crippen LogP contribution in [0.15, 0.2) is 18.2 Å². The second-order valence-corrected chi connectivity index (χ2v) is 4.58. The predicted octanol–water partition coefficient (Wildman–Crippen LogP) is 3.72. The van der Waals surface area contributed by atoms with Gasteiger partial charge in [-0.1, -0.05) is 24.1 Å². The summed E-state index contributed by atoms with van der Waals surface area (Å²) in [6, 6.07) is 7.05. The maximum Gasteiger partial charge on any atom is 0.141 e. The van der Waals surface area contributed by atoms with Gasteiger partial charge in [0.15, 0.2) is 0 Å². The Kier molecular flexibility index (Phi) is 2.67. The number of hydrogen-bond donors (Lipinski definition) is 0. The zero-order valence-electron chi connectivity index (χ0n) is 8.26. The Morgan fingerprint density at radius 2 is 2.20 bits per heavy atom. The van der Waals surface area contributed by atoms with Crippen LogP contribution in [0.1, 0.15) is 24.8 Å². The molecule has 0 aromatic heterocycles. The van der Waals surface area contributed by atoms with Crippen molar-refractivity contribution in [2.75, 3.05) is 0 Å². The lowest BCUT2D eigenvalue weighted by molar-refractivity contribution is 0.214. The molecule has 1 saturated carbocycles. The van der Waals surface area contributed by atoms with E-state index in [1.54, 1.807) is 12.1 Å². The van der Waals surface area contributed by atoms with Crippen LogP contribution in [-0.4, -0.2) is 0 Å². The fraction of sp³-hybridized carbons (Fsp3) is 0.417. The van der Waals surface area contributed by atoms with Crippen LogP contribution in [0, 0.1) is 22.6 Å². The fourth-order valence-corrected chi connectivity index (χ4v) is 2.18. The van der Waals surface area contributed by atoms with Crippen LogP contribution < -0.4 is 0 Å². The molecular weight excluding hydrogens is 213 g/mol. The van der Waals surface area contributed by atoms with E-state index in [0.717, 1.165) is 24.8 Å². The van der Waals surface area contributed by atoms with E-state index in [4.69, 9.17) is 16.9 Å². The molecular formula is C12H11ClFN. The smallest absolute Gasteiger partial charge is 0.141 e. The quantitative estimate of drug-likeness (QED) is 0.750. The van der Waals surface area contributed by atoms with Crippen molar-refractivity contribution in [1.82, 2.24) is 0 Å². The zero-order chi connectivity index (χ0) is 10.9. The van der Waals surface area contributed by atoms with Gasteiger partial charge < -0.3 is 0 Å². The van der Waals surface area contributed by atoms with Gasteiger partial charge in [-0.2, -0.15) is 5.26 Å².